The highest BCUT2D eigenvalue weighted by atomic mass is 15.3. The van der Waals surface area contributed by atoms with Crippen molar-refractivity contribution < 1.29 is 0 Å². The normalized spacial score (nSPS) is 21.0. The van der Waals surface area contributed by atoms with E-state index in [4.69, 9.17) is 0 Å². The number of aliphatic imine (C=N–C) groups is 1. The molecule has 5 nitrogen and oxygen atoms in total. The second-order valence-corrected chi connectivity index (χ2v) is 7.16. The molecule has 1 heterocycles. The molecule has 0 aromatic carbocycles. The molecule has 130 valence electrons. The Kier molecular flexibility index (Phi) is 8.79. The number of nitrogens with zero attached hydrogens (tertiary/aromatic N) is 3. The number of rotatable bonds is 7. The van der Waals surface area contributed by atoms with E-state index in [-0.39, 0.29) is 0 Å². The van der Waals surface area contributed by atoms with Crippen LogP contribution in [0.2, 0.25) is 0 Å². The fraction of sp³-hybridized carbons (Fsp3) is 0.941. The average molecular weight is 312 g/mol. The van der Waals surface area contributed by atoms with E-state index in [1.54, 1.807) is 0 Å². The fourth-order valence-electron chi connectivity index (χ4n) is 2.72. The lowest BCUT2D eigenvalue weighted by atomic mass is 10.0. The van der Waals surface area contributed by atoms with Gasteiger partial charge in [0, 0.05) is 51.9 Å². The van der Waals surface area contributed by atoms with E-state index in [2.05, 4.69) is 60.2 Å². The summed E-state index contributed by atoms with van der Waals surface area (Å²) in [5, 5.41) is 6.98. The molecule has 1 rings (SSSR count). The summed E-state index contributed by atoms with van der Waals surface area (Å²) in [6.07, 6.45) is 2.44. The highest BCUT2D eigenvalue weighted by Crippen LogP contribution is 2.06. The van der Waals surface area contributed by atoms with Gasteiger partial charge in [0.25, 0.3) is 0 Å². The molecule has 0 bridgehead atoms. The zero-order valence-corrected chi connectivity index (χ0v) is 15.5. The third-order valence-electron chi connectivity index (χ3n) is 4.51. The summed E-state index contributed by atoms with van der Waals surface area (Å²) in [4.78, 5) is 9.31. The summed E-state index contributed by atoms with van der Waals surface area (Å²) in [6.45, 7) is 14.7. The Labute approximate surface area is 137 Å². The second kappa shape index (κ2) is 10.1. The number of nitrogens with one attached hydrogen (secondary N) is 2. The summed E-state index contributed by atoms with van der Waals surface area (Å²) < 4.78 is 0. The standard InChI is InChI=1S/C17H37N5/c1-14(2)7-8-15(3)20-17(18-5)19-13-16(4)22-11-9-21(6)10-12-22/h14-16H,7-13H2,1-6H3,(H2,18,19,20). The van der Waals surface area contributed by atoms with E-state index in [0.717, 1.165) is 31.5 Å². The lowest BCUT2D eigenvalue weighted by Crippen LogP contribution is -2.52. The third kappa shape index (κ3) is 7.45. The van der Waals surface area contributed by atoms with Gasteiger partial charge in [-0.05, 0) is 39.7 Å². The summed E-state index contributed by atoms with van der Waals surface area (Å²) in [7, 11) is 4.05. The van der Waals surface area contributed by atoms with Crippen molar-refractivity contribution in [2.75, 3.05) is 46.8 Å². The zero-order valence-electron chi connectivity index (χ0n) is 15.5. The first-order valence-corrected chi connectivity index (χ1v) is 8.82. The van der Waals surface area contributed by atoms with Crippen LogP contribution in [0.25, 0.3) is 0 Å². The molecule has 2 unspecified atom stereocenters. The van der Waals surface area contributed by atoms with Crippen LogP contribution in [-0.4, -0.2) is 74.7 Å². The third-order valence-corrected chi connectivity index (χ3v) is 4.51. The Morgan fingerprint density at radius 3 is 2.23 bits per heavy atom. The SMILES string of the molecule is CN=C(NCC(C)N1CCN(C)CC1)NC(C)CCC(C)C. The highest BCUT2D eigenvalue weighted by molar-refractivity contribution is 5.79. The smallest absolute Gasteiger partial charge is 0.191 e. The minimum atomic E-state index is 0.465. The van der Waals surface area contributed by atoms with Crippen LogP contribution in [-0.2, 0) is 0 Å². The van der Waals surface area contributed by atoms with Crippen LogP contribution < -0.4 is 10.6 Å². The van der Waals surface area contributed by atoms with E-state index in [9.17, 15) is 0 Å². The molecule has 2 N–H and O–H groups in total. The number of hydrogen-bond acceptors (Lipinski definition) is 3. The first kappa shape index (κ1) is 19.2. The van der Waals surface area contributed by atoms with Crippen molar-refractivity contribution >= 4 is 5.96 Å². The molecular weight excluding hydrogens is 274 g/mol. The van der Waals surface area contributed by atoms with Gasteiger partial charge < -0.3 is 15.5 Å². The number of likely N-dealkylation sites (N-methyl/N-ethyl adjacent to an activating group) is 1. The van der Waals surface area contributed by atoms with Crippen LogP contribution >= 0.6 is 0 Å². The van der Waals surface area contributed by atoms with Gasteiger partial charge in [-0.25, -0.2) is 0 Å². The zero-order chi connectivity index (χ0) is 16.5. The van der Waals surface area contributed by atoms with Gasteiger partial charge in [0.05, 0.1) is 0 Å². The van der Waals surface area contributed by atoms with Crippen molar-refractivity contribution in [1.29, 1.82) is 0 Å². The van der Waals surface area contributed by atoms with Gasteiger partial charge in [0.1, 0.15) is 0 Å². The van der Waals surface area contributed by atoms with Crippen molar-refractivity contribution in [3.05, 3.63) is 0 Å². The predicted octanol–water partition coefficient (Wildman–Crippen LogP) is 1.61. The molecule has 0 spiro atoms. The lowest BCUT2D eigenvalue weighted by molar-refractivity contribution is 0.120. The van der Waals surface area contributed by atoms with Gasteiger partial charge in [-0.1, -0.05) is 13.8 Å². The Balaban J connectivity index is 2.28. The summed E-state index contributed by atoms with van der Waals surface area (Å²) in [5.74, 6) is 1.69. The summed E-state index contributed by atoms with van der Waals surface area (Å²) in [5.41, 5.74) is 0. The molecule has 1 saturated heterocycles. The monoisotopic (exact) mass is 311 g/mol. The number of piperazine rings is 1. The van der Waals surface area contributed by atoms with Gasteiger partial charge in [-0.2, -0.15) is 0 Å². The molecule has 0 radical (unpaired) electrons. The van der Waals surface area contributed by atoms with Gasteiger partial charge in [-0.15, -0.1) is 0 Å². The fourth-order valence-corrected chi connectivity index (χ4v) is 2.72. The molecule has 1 fully saturated rings. The molecule has 0 aliphatic carbocycles. The Hall–Kier alpha value is -0.810. The molecule has 0 saturated carbocycles. The van der Waals surface area contributed by atoms with E-state index >= 15 is 0 Å². The van der Waals surface area contributed by atoms with Crippen molar-refractivity contribution in [1.82, 2.24) is 20.4 Å². The van der Waals surface area contributed by atoms with Gasteiger partial charge in [-0.3, -0.25) is 9.89 Å². The minimum Gasteiger partial charge on any atom is -0.355 e. The maximum atomic E-state index is 4.35. The van der Waals surface area contributed by atoms with Crippen LogP contribution in [0.4, 0.5) is 0 Å². The highest BCUT2D eigenvalue weighted by Gasteiger charge is 2.19. The van der Waals surface area contributed by atoms with Crippen LogP contribution in [0.15, 0.2) is 4.99 Å². The minimum absolute atomic E-state index is 0.465. The number of guanidine groups is 1. The van der Waals surface area contributed by atoms with Crippen LogP contribution in [0.5, 0.6) is 0 Å². The summed E-state index contributed by atoms with van der Waals surface area (Å²) in [6, 6.07) is 1.01. The molecule has 0 amide bonds. The average Bonchev–Trinajstić information content (AvgIpc) is 2.49. The molecule has 0 aromatic heterocycles. The molecule has 5 heteroatoms. The number of hydrogen-bond donors (Lipinski definition) is 2. The van der Waals surface area contributed by atoms with E-state index in [0.29, 0.717) is 12.1 Å². The largest absolute Gasteiger partial charge is 0.355 e. The van der Waals surface area contributed by atoms with Crippen molar-refractivity contribution in [3.63, 3.8) is 0 Å². The van der Waals surface area contributed by atoms with E-state index in [1.165, 1.54) is 25.9 Å². The molecule has 0 aromatic rings. The van der Waals surface area contributed by atoms with Gasteiger partial charge in [0.2, 0.25) is 0 Å². The van der Waals surface area contributed by atoms with Crippen LogP contribution in [0.3, 0.4) is 0 Å². The molecule has 22 heavy (non-hydrogen) atoms. The maximum absolute atomic E-state index is 4.35. The molecule has 1 aliphatic heterocycles. The van der Waals surface area contributed by atoms with Crippen LogP contribution in [0.1, 0.15) is 40.5 Å². The van der Waals surface area contributed by atoms with E-state index < -0.39 is 0 Å². The van der Waals surface area contributed by atoms with Gasteiger partial charge >= 0.3 is 0 Å². The Morgan fingerprint density at radius 2 is 1.68 bits per heavy atom. The lowest BCUT2D eigenvalue weighted by Gasteiger charge is -2.36. The van der Waals surface area contributed by atoms with Crippen LogP contribution in [0, 0.1) is 5.92 Å². The molecular formula is C17H37N5. The first-order chi connectivity index (χ1) is 10.4. The van der Waals surface area contributed by atoms with Gasteiger partial charge in [0.15, 0.2) is 5.96 Å². The first-order valence-electron chi connectivity index (χ1n) is 8.82. The summed E-state index contributed by atoms with van der Waals surface area (Å²) >= 11 is 0. The van der Waals surface area contributed by atoms with E-state index in [1.807, 2.05) is 7.05 Å². The van der Waals surface area contributed by atoms with Crippen molar-refractivity contribution in [3.8, 4) is 0 Å². The Morgan fingerprint density at radius 1 is 1.05 bits per heavy atom. The maximum Gasteiger partial charge on any atom is 0.191 e. The predicted molar refractivity (Wildman–Crippen MR) is 96.6 cm³/mol. The van der Waals surface area contributed by atoms with Crippen molar-refractivity contribution in [2.45, 2.75) is 52.6 Å². The molecule has 1 aliphatic rings. The van der Waals surface area contributed by atoms with Crippen molar-refractivity contribution in [2.24, 2.45) is 10.9 Å². The topological polar surface area (TPSA) is 42.9 Å². The Bertz CT molecular complexity index is 321. The quantitative estimate of drug-likeness (QED) is 0.554. The second-order valence-electron chi connectivity index (χ2n) is 7.16. The molecule has 2 atom stereocenters.